The number of aliphatic carboxylic acids is 1. The third-order valence-corrected chi connectivity index (χ3v) is 8.53. The molecule has 202 valence electrons. The SMILES string of the molecule is Cc1cc(OCCCS(C)(=O)=O)cc(CO)c1-c1cccc(COc2cc3c(cn2)[C@H](CC(=O)O)CS3)c1. The molecule has 2 heterocycles. The highest BCUT2D eigenvalue weighted by Gasteiger charge is 2.26. The number of hydrogen-bond acceptors (Lipinski definition) is 8. The molecule has 0 aliphatic carbocycles. The lowest BCUT2D eigenvalue weighted by molar-refractivity contribution is -0.137. The number of aromatic nitrogens is 1. The molecular formula is C28H31NO7S2. The van der Waals surface area contributed by atoms with Gasteiger partial charge in [-0.1, -0.05) is 18.2 Å². The Morgan fingerprint density at radius 2 is 2.00 bits per heavy atom. The normalized spacial score (nSPS) is 14.8. The van der Waals surface area contributed by atoms with Crippen LogP contribution in [0.15, 0.2) is 53.6 Å². The predicted octanol–water partition coefficient (Wildman–Crippen LogP) is 4.61. The minimum atomic E-state index is -3.03. The van der Waals surface area contributed by atoms with Gasteiger partial charge in [-0.15, -0.1) is 11.8 Å². The van der Waals surface area contributed by atoms with Crippen molar-refractivity contribution in [2.45, 2.75) is 43.8 Å². The average Bonchev–Trinajstić information content (AvgIpc) is 3.25. The maximum atomic E-state index is 11.3. The third-order valence-electron chi connectivity index (χ3n) is 6.26. The number of hydrogen-bond donors (Lipinski definition) is 2. The molecule has 0 spiro atoms. The number of nitrogens with zero attached hydrogens (tertiary/aromatic N) is 1. The van der Waals surface area contributed by atoms with Crippen LogP contribution < -0.4 is 9.47 Å². The molecule has 0 bridgehead atoms. The van der Waals surface area contributed by atoms with Crippen LogP contribution >= 0.6 is 11.8 Å². The number of benzene rings is 2. The molecule has 4 rings (SSSR count). The summed E-state index contributed by atoms with van der Waals surface area (Å²) in [4.78, 5) is 16.5. The molecule has 2 N–H and O–H groups in total. The van der Waals surface area contributed by atoms with E-state index in [2.05, 4.69) is 4.98 Å². The molecule has 0 amide bonds. The second kappa shape index (κ2) is 12.2. The first kappa shape index (κ1) is 27.9. The van der Waals surface area contributed by atoms with Gasteiger partial charge in [0.2, 0.25) is 5.88 Å². The van der Waals surface area contributed by atoms with E-state index in [1.165, 1.54) is 6.26 Å². The van der Waals surface area contributed by atoms with Crippen molar-refractivity contribution in [3.8, 4) is 22.8 Å². The van der Waals surface area contributed by atoms with Crippen LogP contribution in [0.4, 0.5) is 0 Å². The highest BCUT2D eigenvalue weighted by molar-refractivity contribution is 7.99. The number of carboxylic acid groups (broad SMARTS) is 1. The van der Waals surface area contributed by atoms with Gasteiger partial charge in [0.15, 0.2) is 0 Å². The van der Waals surface area contributed by atoms with E-state index in [0.29, 0.717) is 24.7 Å². The number of aryl methyl sites for hydroxylation is 1. The molecule has 38 heavy (non-hydrogen) atoms. The molecule has 0 radical (unpaired) electrons. The molecule has 2 aromatic carbocycles. The molecular weight excluding hydrogens is 526 g/mol. The fourth-order valence-corrected chi connectivity index (χ4v) is 6.42. The molecule has 10 heteroatoms. The maximum Gasteiger partial charge on any atom is 0.303 e. The van der Waals surface area contributed by atoms with Gasteiger partial charge in [0.1, 0.15) is 22.2 Å². The van der Waals surface area contributed by atoms with Crippen molar-refractivity contribution in [2.24, 2.45) is 0 Å². The third kappa shape index (κ3) is 7.27. The van der Waals surface area contributed by atoms with E-state index in [1.807, 2.05) is 43.3 Å². The van der Waals surface area contributed by atoms with Crippen LogP contribution in [-0.4, -0.2) is 54.0 Å². The Labute approximate surface area is 226 Å². The van der Waals surface area contributed by atoms with Gasteiger partial charge >= 0.3 is 5.97 Å². The summed E-state index contributed by atoms with van der Waals surface area (Å²) in [6.07, 6.45) is 3.42. The average molecular weight is 558 g/mol. The van der Waals surface area contributed by atoms with E-state index in [0.717, 1.165) is 44.0 Å². The number of thioether (sulfide) groups is 1. The molecule has 1 atom stereocenters. The van der Waals surface area contributed by atoms with E-state index < -0.39 is 15.8 Å². The van der Waals surface area contributed by atoms with Crippen molar-refractivity contribution in [3.63, 3.8) is 0 Å². The van der Waals surface area contributed by atoms with E-state index in [-0.39, 0.29) is 31.3 Å². The first-order valence-corrected chi connectivity index (χ1v) is 15.3. The summed E-state index contributed by atoms with van der Waals surface area (Å²) in [5.41, 5.74) is 5.39. The summed E-state index contributed by atoms with van der Waals surface area (Å²) in [6, 6.07) is 13.4. The van der Waals surface area contributed by atoms with Crippen LogP contribution in [0, 0.1) is 6.92 Å². The molecule has 1 aromatic heterocycles. The van der Waals surface area contributed by atoms with Crippen molar-refractivity contribution in [1.82, 2.24) is 4.98 Å². The number of aliphatic hydroxyl groups excluding tert-OH is 1. The van der Waals surface area contributed by atoms with Gasteiger partial charge in [-0.2, -0.15) is 0 Å². The van der Waals surface area contributed by atoms with Crippen molar-refractivity contribution in [2.75, 3.05) is 24.4 Å². The number of pyridine rings is 1. The van der Waals surface area contributed by atoms with Crippen molar-refractivity contribution < 1.29 is 32.9 Å². The van der Waals surface area contributed by atoms with Gasteiger partial charge < -0.3 is 19.7 Å². The molecule has 1 aliphatic heterocycles. The molecule has 0 fully saturated rings. The number of carbonyl (C=O) groups is 1. The largest absolute Gasteiger partial charge is 0.494 e. The number of aliphatic hydroxyl groups is 1. The molecule has 0 saturated carbocycles. The Kier molecular flexibility index (Phi) is 8.96. The Bertz CT molecular complexity index is 1420. The minimum absolute atomic E-state index is 0.0287. The summed E-state index contributed by atoms with van der Waals surface area (Å²) >= 11 is 1.62. The van der Waals surface area contributed by atoms with Gasteiger partial charge in [0.05, 0.1) is 25.4 Å². The smallest absolute Gasteiger partial charge is 0.303 e. The highest BCUT2D eigenvalue weighted by atomic mass is 32.2. The lowest BCUT2D eigenvalue weighted by Crippen LogP contribution is -2.08. The van der Waals surface area contributed by atoms with E-state index in [9.17, 15) is 18.3 Å². The topological polar surface area (TPSA) is 123 Å². The zero-order valence-electron chi connectivity index (χ0n) is 21.3. The fraction of sp³-hybridized carbons (Fsp3) is 0.357. The monoisotopic (exact) mass is 557 g/mol. The van der Waals surface area contributed by atoms with Crippen LogP contribution in [0.3, 0.4) is 0 Å². The lowest BCUT2D eigenvalue weighted by atomic mass is 9.94. The molecule has 1 aliphatic rings. The van der Waals surface area contributed by atoms with E-state index in [4.69, 9.17) is 14.6 Å². The van der Waals surface area contributed by atoms with Gasteiger partial charge in [-0.05, 0) is 64.9 Å². The summed E-state index contributed by atoms with van der Waals surface area (Å²) in [5.74, 6) is 1.04. The Morgan fingerprint density at radius 1 is 1.18 bits per heavy atom. The van der Waals surface area contributed by atoms with Crippen molar-refractivity contribution in [1.29, 1.82) is 0 Å². The van der Waals surface area contributed by atoms with Crippen LogP contribution in [0.25, 0.3) is 11.1 Å². The first-order chi connectivity index (χ1) is 18.1. The summed E-state index contributed by atoms with van der Waals surface area (Å²) < 4.78 is 34.4. The number of fused-ring (bicyclic) bond motifs is 1. The predicted molar refractivity (Wildman–Crippen MR) is 147 cm³/mol. The zero-order chi connectivity index (χ0) is 27.3. The fourth-order valence-electron chi connectivity index (χ4n) is 4.53. The summed E-state index contributed by atoms with van der Waals surface area (Å²) in [5, 5.41) is 19.2. The minimum Gasteiger partial charge on any atom is -0.494 e. The summed E-state index contributed by atoms with van der Waals surface area (Å²) in [7, 11) is -3.03. The zero-order valence-corrected chi connectivity index (χ0v) is 23.0. The maximum absolute atomic E-state index is 11.3. The standard InChI is InChI=1S/C28H31NO7S2/c1-18-9-23(35-7-4-8-38(2,33)34)11-21(15-30)28(18)20-6-3-5-19(10-20)16-36-26-13-25-24(14-29-26)22(17-37-25)12-27(31)32/h3,5-6,9-11,13-14,22,30H,4,7-8,12,15-17H2,1-2H3,(H,31,32)/t22-/m1/s1. The lowest BCUT2D eigenvalue weighted by Gasteiger charge is -2.16. The van der Waals surface area contributed by atoms with Gasteiger partial charge in [0, 0.05) is 35.1 Å². The van der Waals surface area contributed by atoms with Gasteiger partial charge in [0.25, 0.3) is 0 Å². The van der Waals surface area contributed by atoms with Gasteiger partial charge in [-0.3, -0.25) is 4.79 Å². The molecule has 0 saturated heterocycles. The number of ether oxygens (including phenoxy) is 2. The Hall–Kier alpha value is -3.08. The Balaban J connectivity index is 1.45. The number of carboxylic acids is 1. The molecule has 3 aromatic rings. The summed E-state index contributed by atoms with van der Waals surface area (Å²) in [6.45, 7) is 2.36. The second-order valence-corrected chi connectivity index (χ2v) is 12.7. The van der Waals surface area contributed by atoms with Crippen LogP contribution in [0.5, 0.6) is 11.6 Å². The molecule has 8 nitrogen and oxygen atoms in total. The quantitative estimate of drug-likeness (QED) is 0.307. The Morgan fingerprint density at radius 3 is 2.74 bits per heavy atom. The molecule has 0 unspecified atom stereocenters. The van der Waals surface area contributed by atoms with Crippen LogP contribution in [0.1, 0.15) is 41.0 Å². The second-order valence-electron chi connectivity index (χ2n) is 9.42. The van der Waals surface area contributed by atoms with Crippen molar-refractivity contribution in [3.05, 3.63) is 70.9 Å². The number of rotatable bonds is 12. The van der Waals surface area contributed by atoms with Gasteiger partial charge in [-0.25, -0.2) is 13.4 Å². The van der Waals surface area contributed by atoms with Crippen LogP contribution in [0.2, 0.25) is 0 Å². The number of sulfone groups is 1. The van der Waals surface area contributed by atoms with Crippen molar-refractivity contribution >= 4 is 27.6 Å². The van der Waals surface area contributed by atoms with Crippen LogP contribution in [-0.2, 0) is 27.8 Å². The highest BCUT2D eigenvalue weighted by Crippen LogP contribution is 2.42. The van der Waals surface area contributed by atoms with E-state index >= 15 is 0 Å². The first-order valence-electron chi connectivity index (χ1n) is 12.2. The van der Waals surface area contributed by atoms with E-state index in [1.54, 1.807) is 24.0 Å².